The number of amides is 1. The maximum absolute atomic E-state index is 13.2. The Bertz CT molecular complexity index is 1130. The van der Waals surface area contributed by atoms with Crippen LogP contribution in [0.4, 0.5) is 17.3 Å². The Balaban J connectivity index is 1.62. The molecule has 0 aliphatic carbocycles. The lowest BCUT2D eigenvalue weighted by Gasteiger charge is -2.46. The summed E-state index contributed by atoms with van der Waals surface area (Å²) in [6, 6.07) is 3.26. The Kier molecular flexibility index (Phi) is 5.79. The number of piperidine rings is 1. The molecule has 1 amide bonds. The van der Waals surface area contributed by atoms with E-state index in [1.807, 2.05) is 19.1 Å². The molecule has 170 valence electrons. The third-order valence-electron chi connectivity index (χ3n) is 6.42. The van der Waals surface area contributed by atoms with Crippen molar-refractivity contribution < 1.29 is 14.3 Å². The van der Waals surface area contributed by atoms with Crippen molar-refractivity contribution in [1.82, 2.24) is 9.97 Å². The van der Waals surface area contributed by atoms with Crippen LogP contribution in [0.1, 0.15) is 43.1 Å². The normalized spacial score (nSPS) is 23.5. The molecule has 9 nitrogen and oxygen atoms in total. The molecule has 1 fully saturated rings. The highest BCUT2D eigenvalue weighted by molar-refractivity contribution is 6.15. The Morgan fingerprint density at radius 3 is 2.91 bits per heavy atom. The van der Waals surface area contributed by atoms with Gasteiger partial charge in [-0.2, -0.15) is 0 Å². The van der Waals surface area contributed by atoms with Gasteiger partial charge in [0.05, 0.1) is 29.2 Å². The summed E-state index contributed by atoms with van der Waals surface area (Å²) in [7, 11) is 0. The molecule has 0 radical (unpaired) electrons. The van der Waals surface area contributed by atoms with Gasteiger partial charge in [-0.3, -0.25) is 14.8 Å². The highest BCUT2D eigenvalue weighted by Gasteiger charge is 2.41. The van der Waals surface area contributed by atoms with Crippen LogP contribution in [-0.4, -0.2) is 45.7 Å². The molecule has 1 saturated heterocycles. The van der Waals surface area contributed by atoms with Crippen molar-refractivity contribution in [2.45, 2.75) is 45.3 Å². The van der Waals surface area contributed by atoms with Crippen LogP contribution in [0.3, 0.4) is 0 Å². The van der Waals surface area contributed by atoms with E-state index in [2.05, 4.69) is 27.1 Å². The standard InChI is InChI=1S/C23H30N6O3/c1-4-5-14-8-17-20(27-9-14)19(21(25)32-17)22(30)28-15-10-26-7-6-16(15)29-11-13(2)23(3,31)18(24)12-29/h6-10,13,18,31H,4-5,11-12,24-25H2,1-3H3,(H,28,30)/t13-,18+,23-/m0/s1. The number of furan rings is 1. The molecule has 3 aromatic rings. The van der Waals surface area contributed by atoms with Crippen LogP contribution in [0.2, 0.25) is 0 Å². The number of aliphatic hydroxyl groups is 1. The lowest BCUT2D eigenvalue weighted by atomic mass is 9.80. The number of nitrogen functional groups attached to an aromatic ring is 1. The van der Waals surface area contributed by atoms with Crippen LogP contribution in [0, 0.1) is 5.92 Å². The van der Waals surface area contributed by atoms with Crippen LogP contribution in [0.25, 0.3) is 11.1 Å². The number of aromatic nitrogens is 2. The second-order valence-corrected chi connectivity index (χ2v) is 8.77. The number of nitrogens with two attached hydrogens (primary N) is 2. The minimum Gasteiger partial charge on any atom is -0.438 e. The highest BCUT2D eigenvalue weighted by atomic mass is 16.3. The molecule has 32 heavy (non-hydrogen) atoms. The second-order valence-electron chi connectivity index (χ2n) is 8.77. The molecule has 9 heteroatoms. The van der Waals surface area contributed by atoms with Crippen LogP contribution < -0.4 is 21.7 Å². The van der Waals surface area contributed by atoms with Crippen molar-refractivity contribution in [2.75, 3.05) is 29.0 Å². The van der Waals surface area contributed by atoms with Crippen LogP contribution >= 0.6 is 0 Å². The first kappa shape index (κ1) is 22.0. The van der Waals surface area contributed by atoms with E-state index in [4.69, 9.17) is 15.9 Å². The summed E-state index contributed by atoms with van der Waals surface area (Å²) >= 11 is 0. The number of nitrogens with one attached hydrogen (secondary N) is 1. The highest BCUT2D eigenvalue weighted by Crippen LogP contribution is 2.34. The summed E-state index contributed by atoms with van der Waals surface area (Å²) in [6.45, 7) is 6.85. The van der Waals surface area contributed by atoms with E-state index >= 15 is 0 Å². The maximum atomic E-state index is 13.2. The summed E-state index contributed by atoms with van der Waals surface area (Å²) in [5.74, 6) is -0.459. The quantitative estimate of drug-likeness (QED) is 0.476. The summed E-state index contributed by atoms with van der Waals surface area (Å²) < 4.78 is 5.63. The van der Waals surface area contributed by atoms with Crippen molar-refractivity contribution in [3.63, 3.8) is 0 Å². The lowest BCUT2D eigenvalue weighted by Crippen LogP contribution is -2.62. The van der Waals surface area contributed by atoms with Crippen LogP contribution in [0.15, 0.2) is 35.1 Å². The number of aryl methyl sites for hydroxylation is 1. The number of nitrogens with zero attached hydrogens (tertiary/aromatic N) is 3. The molecular formula is C23H30N6O3. The van der Waals surface area contributed by atoms with Gasteiger partial charge in [0.15, 0.2) is 5.58 Å². The van der Waals surface area contributed by atoms with Gasteiger partial charge in [0.25, 0.3) is 5.91 Å². The minimum atomic E-state index is -0.959. The molecule has 0 bridgehead atoms. The molecule has 0 saturated carbocycles. The van der Waals surface area contributed by atoms with Crippen molar-refractivity contribution >= 4 is 34.3 Å². The van der Waals surface area contributed by atoms with Crippen LogP contribution in [-0.2, 0) is 6.42 Å². The molecule has 0 spiro atoms. The number of carbonyl (C=O) groups excluding carboxylic acids is 1. The molecule has 4 rings (SSSR count). The Morgan fingerprint density at radius 2 is 2.19 bits per heavy atom. The van der Waals surface area contributed by atoms with Crippen molar-refractivity contribution in [3.8, 4) is 0 Å². The fourth-order valence-electron chi connectivity index (χ4n) is 4.20. The SMILES string of the molecule is CCCc1cnc2c(C(=O)Nc3cnccc3N3C[C@@H](N)[C@@](C)(O)[C@@H](C)C3)c(N)oc2c1. The average molecular weight is 439 g/mol. The molecule has 3 atom stereocenters. The number of hydrogen-bond donors (Lipinski definition) is 4. The van der Waals surface area contributed by atoms with Gasteiger partial charge in [-0.1, -0.05) is 20.3 Å². The van der Waals surface area contributed by atoms with Gasteiger partial charge in [-0.05, 0) is 31.0 Å². The molecule has 1 aliphatic rings. The third kappa shape index (κ3) is 3.89. The van der Waals surface area contributed by atoms with E-state index in [-0.39, 0.29) is 17.4 Å². The van der Waals surface area contributed by atoms with E-state index in [1.54, 1.807) is 25.5 Å². The topological polar surface area (TPSA) is 144 Å². The summed E-state index contributed by atoms with van der Waals surface area (Å²) in [4.78, 5) is 23.8. The predicted molar refractivity (Wildman–Crippen MR) is 125 cm³/mol. The number of hydrogen-bond acceptors (Lipinski definition) is 8. The Labute approximate surface area is 186 Å². The first-order chi connectivity index (χ1) is 15.2. The van der Waals surface area contributed by atoms with E-state index in [0.29, 0.717) is 29.9 Å². The smallest absolute Gasteiger partial charge is 0.263 e. The van der Waals surface area contributed by atoms with Gasteiger partial charge in [0.1, 0.15) is 11.1 Å². The summed E-state index contributed by atoms with van der Waals surface area (Å²) in [5.41, 5.74) is 14.8. The average Bonchev–Trinajstić information content (AvgIpc) is 3.07. The van der Waals surface area contributed by atoms with E-state index in [0.717, 1.165) is 24.1 Å². The largest absolute Gasteiger partial charge is 0.438 e. The minimum absolute atomic E-state index is 0.0220. The van der Waals surface area contributed by atoms with Gasteiger partial charge in [0, 0.05) is 31.4 Å². The first-order valence-electron chi connectivity index (χ1n) is 10.9. The zero-order valence-corrected chi connectivity index (χ0v) is 18.6. The molecule has 4 heterocycles. The van der Waals surface area contributed by atoms with Gasteiger partial charge >= 0.3 is 0 Å². The maximum Gasteiger partial charge on any atom is 0.263 e. The lowest BCUT2D eigenvalue weighted by molar-refractivity contribution is -0.0257. The Morgan fingerprint density at radius 1 is 1.41 bits per heavy atom. The monoisotopic (exact) mass is 438 g/mol. The van der Waals surface area contributed by atoms with Crippen molar-refractivity contribution in [2.24, 2.45) is 11.7 Å². The van der Waals surface area contributed by atoms with Crippen LogP contribution in [0.5, 0.6) is 0 Å². The molecule has 3 aromatic heterocycles. The predicted octanol–water partition coefficient (Wildman–Crippen LogP) is 2.54. The van der Waals surface area contributed by atoms with Gasteiger partial charge in [0.2, 0.25) is 5.88 Å². The summed E-state index contributed by atoms with van der Waals surface area (Å²) in [5, 5.41) is 13.5. The zero-order valence-electron chi connectivity index (χ0n) is 18.6. The number of pyridine rings is 2. The van der Waals surface area contributed by atoms with E-state index < -0.39 is 17.6 Å². The van der Waals surface area contributed by atoms with Gasteiger partial charge in [-0.15, -0.1) is 0 Å². The molecule has 0 aromatic carbocycles. The Hall–Kier alpha value is -3.17. The van der Waals surface area contributed by atoms with Crippen molar-refractivity contribution in [1.29, 1.82) is 0 Å². The number of rotatable bonds is 5. The van der Waals surface area contributed by atoms with Gasteiger partial charge < -0.3 is 31.2 Å². The molecule has 6 N–H and O–H groups in total. The third-order valence-corrected chi connectivity index (χ3v) is 6.42. The van der Waals surface area contributed by atoms with E-state index in [9.17, 15) is 9.90 Å². The number of fused-ring (bicyclic) bond motifs is 1. The number of carbonyl (C=O) groups is 1. The van der Waals surface area contributed by atoms with Crippen molar-refractivity contribution in [3.05, 3.63) is 41.9 Å². The summed E-state index contributed by atoms with van der Waals surface area (Å²) in [6.07, 6.45) is 6.84. The fourth-order valence-corrected chi connectivity index (χ4v) is 4.20. The number of anilines is 3. The first-order valence-corrected chi connectivity index (χ1v) is 10.9. The second kappa shape index (κ2) is 8.40. The molecule has 1 aliphatic heterocycles. The van der Waals surface area contributed by atoms with Gasteiger partial charge in [-0.25, -0.2) is 0 Å². The molecule has 0 unspecified atom stereocenters. The molecular weight excluding hydrogens is 408 g/mol. The fraction of sp³-hybridized carbons (Fsp3) is 0.435. The zero-order chi connectivity index (χ0) is 23.0. The van der Waals surface area contributed by atoms with E-state index in [1.165, 1.54) is 0 Å².